The van der Waals surface area contributed by atoms with Gasteiger partial charge in [-0.2, -0.15) is 0 Å². The summed E-state index contributed by atoms with van der Waals surface area (Å²) in [4.78, 5) is 27.8. The first-order valence-electron chi connectivity index (χ1n) is 14.9. The second kappa shape index (κ2) is 9.78. The van der Waals surface area contributed by atoms with Gasteiger partial charge in [-0.1, -0.05) is 20.8 Å². The molecule has 3 aliphatic rings. The minimum Gasteiger partial charge on any atom is -0.508 e. The number of nitrogens with one attached hydrogen (secondary N) is 1. The topological polar surface area (TPSA) is 161 Å². The highest BCUT2D eigenvalue weighted by Gasteiger charge is 2.90. The fourth-order valence-corrected chi connectivity index (χ4v) is 7.93. The van der Waals surface area contributed by atoms with Crippen molar-refractivity contribution in [2.45, 2.75) is 64.1 Å². The molecule has 2 aromatic carbocycles. The number of hydrogen-bond acceptors (Lipinski definition) is 8. The van der Waals surface area contributed by atoms with Crippen LogP contribution in [-0.2, 0) is 0 Å². The zero-order chi connectivity index (χ0) is 31.1. The molecule has 0 bridgehead atoms. The monoisotopic (exact) mass is 589 g/mol. The maximum Gasteiger partial charge on any atom is 0.289 e. The molecule has 43 heavy (non-hydrogen) atoms. The van der Waals surface area contributed by atoms with E-state index >= 15 is 0 Å². The Balaban J connectivity index is 1.26. The second-order valence-corrected chi connectivity index (χ2v) is 12.9. The van der Waals surface area contributed by atoms with Gasteiger partial charge in [0, 0.05) is 42.9 Å². The number of aromatic nitrogens is 3. The van der Waals surface area contributed by atoms with E-state index in [2.05, 4.69) is 22.4 Å². The fourth-order valence-electron chi connectivity index (χ4n) is 7.93. The highest BCUT2D eigenvalue weighted by Crippen LogP contribution is 2.84. The lowest BCUT2D eigenvalue weighted by Gasteiger charge is -2.87. The molecule has 6 rings (SSSR count). The van der Waals surface area contributed by atoms with Crippen LogP contribution >= 0.6 is 0 Å². The van der Waals surface area contributed by atoms with E-state index < -0.39 is 17.1 Å². The Bertz CT molecular complexity index is 1620. The van der Waals surface area contributed by atoms with Crippen LogP contribution < -0.4 is 5.32 Å². The molecule has 3 aromatic rings. The Labute approximate surface area is 250 Å². The predicted molar refractivity (Wildman–Crippen MR) is 158 cm³/mol. The molecule has 2 amide bonds. The van der Waals surface area contributed by atoms with E-state index in [-0.39, 0.29) is 46.3 Å². The van der Waals surface area contributed by atoms with Gasteiger partial charge in [-0.3, -0.25) is 14.2 Å². The van der Waals surface area contributed by atoms with E-state index in [0.717, 1.165) is 6.42 Å². The molecule has 228 valence electrons. The van der Waals surface area contributed by atoms with Crippen molar-refractivity contribution in [1.29, 1.82) is 0 Å². The van der Waals surface area contributed by atoms with Gasteiger partial charge in [0.2, 0.25) is 5.82 Å². The van der Waals surface area contributed by atoms with Gasteiger partial charge >= 0.3 is 0 Å². The molecule has 0 spiro atoms. The molecule has 0 radical (unpaired) electrons. The van der Waals surface area contributed by atoms with Crippen molar-refractivity contribution in [3.63, 3.8) is 0 Å². The molecular weight excluding hydrogens is 550 g/mol. The van der Waals surface area contributed by atoms with Crippen LogP contribution in [0.4, 0.5) is 0 Å². The molecule has 5 unspecified atom stereocenters. The van der Waals surface area contributed by atoms with Crippen molar-refractivity contribution in [3.05, 3.63) is 53.3 Å². The van der Waals surface area contributed by atoms with Crippen LogP contribution in [0.5, 0.6) is 11.5 Å². The van der Waals surface area contributed by atoms with Gasteiger partial charge in [0.25, 0.3) is 11.8 Å². The van der Waals surface area contributed by atoms with Gasteiger partial charge in [0.15, 0.2) is 5.82 Å². The van der Waals surface area contributed by atoms with Gasteiger partial charge < -0.3 is 30.6 Å². The number of carbonyl (C=O) groups is 2. The number of aliphatic hydroxyl groups is 2. The Hall–Kier alpha value is -3.96. The molecule has 11 heteroatoms. The third-order valence-corrected chi connectivity index (χ3v) is 10.6. The summed E-state index contributed by atoms with van der Waals surface area (Å²) >= 11 is 0. The van der Waals surface area contributed by atoms with E-state index in [1.807, 2.05) is 13.8 Å². The Morgan fingerprint density at radius 1 is 1.12 bits per heavy atom. The third-order valence-electron chi connectivity index (χ3n) is 10.6. The minimum absolute atomic E-state index is 0.000445. The van der Waals surface area contributed by atoms with Gasteiger partial charge in [-0.15, -0.1) is 10.2 Å². The lowest BCUT2D eigenvalue weighted by molar-refractivity contribution is -0.476. The molecule has 3 saturated carbocycles. The van der Waals surface area contributed by atoms with E-state index in [0.29, 0.717) is 54.2 Å². The van der Waals surface area contributed by atoms with Crippen molar-refractivity contribution in [1.82, 2.24) is 25.0 Å². The lowest BCUT2D eigenvalue weighted by atomic mass is 9.20. The van der Waals surface area contributed by atoms with Crippen LogP contribution in [0.2, 0.25) is 0 Å². The van der Waals surface area contributed by atoms with Crippen molar-refractivity contribution >= 4 is 11.8 Å². The van der Waals surface area contributed by atoms with Crippen LogP contribution in [0, 0.1) is 17.3 Å². The molecule has 1 heterocycles. The highest BCUT2D eigenvalue weighted by atomic mass is 16.4. The van der Waals surface area contributed by atoms with Gasteiger partial charge in [-0.05, 0) is 79.8 Å². The quantitative estimate of drug-likeness (QED) is 0.254. The van der Waals surface area contributed by atoms with Crippen LogP contribution in [0.25, 0.3) is 17.1 Å². The van der Waals surface area contributed by atoms with E-state index in [9.17, 15) is 30.0 Å². The Kier molecular flexibility index (Phi) is 6.63. The van der Waals surface area contributed by atoms with Crippen LogP contribution in [0.15, 0.2) is 36.4 Å². The molecule has 1 aromatic heterocycles. The summed E-state index contributed by atoms with van der Waals surface area (Å²) in [5, 5.41) is 54.6. The van der Waals surface area contributed by atoms with Crippen LogP contribution in [0.1, 0.15) is 79.4 Å². The summed E-state index contributed by atoms with van der Waals surface area (Å²) in [5.41, 5.74) is -0.602. The molecular formula is C32H39N5O6. The lowest BCUT2D eigenvalue weighted by Crippen LogP contribution is -2.94. The normalized spacial score (nSPS) is 28.4. The molecule has 3 fully saturated rings. The smallest absolute Gasteiger partial charge is 0.289 e. The Morgan fingerprint density at radius 2 is 1.81 bits per heavy atom. The zero-order valence-corrected chi connectivity index (χ0v) is 25.1. The molecule has 11 nitrogen and oxygen atoms in total. The summed E-state index contributed by atoms with van der Waals surface area (Å²) in [7, 11) is 1.68. The zero-order valence-electron chi connectivity index (χ0n) is 25.1. The van der Waals surface area contributed by atoms with Crippen molar-refractivity contribution in [2.75, 3.05) is 20.1 Å². The predicted octanol–water partition coefficient (Wildman–Crippen LogP) is 3.20. The number of phenolic OH excluding ortho intramolecular Hbond substituents is 2. The van der Waals surface area contributed by atoms with Crippen LogP contribution in [-0.4, -0.2) is 83.2 Å². The number of rotatable bonds is 9. The second-order valence-electron chi connectivity index (χ2n) is 12.9. The standard InChI is InChI=1S/C32H39N5O6/c1-6-33-28(40)27-35-34-26(22-14-21(17(2)3)23(38)15-24(22)39)37(27)20-9-7-18(8-10-20)29(41)36(5)12-11-31(42)25-13-19-16-32(31,43)30(19,25)4/h7-10,14-15,17,19,25,38-39,42-43H,6,11-13,16H2,1-5H3,(H,33,40). The molecule has 0 aliphatic heterocycles. The summed E-state index contributed by atoms with van der Waals surface area (Å²) in [5.74, 6) is -0.237. The molecule has 3 aliphatic carbocycles. The number of hydrogen-bond donors (Lipinski definition) is 5. The highest BCUT2D eigenvalue weighted by molar-refractivity contribution is 5.95. The number of carbonyl (C=O) groups excluding carboxylic acids is 2. The van der Waals surface area contributed by atoms with Crippen molar-refractivity contribution < 1.29 is 30.0 Å². The maximum atomic E-state index is 13.3. The van der Waals surface area contributed by atoms with Gasteiger partial charge in [-0.25, -0.2) is 0 Å². The number of amides is 2. The van der Waals surface area contributed by atoms with E-state index in [1.54, 1.807) is 49.2 Å². The number of aromatic hydroxyl groups is 2. The van der Waals surface area contributed by atoms with E-state index in [1.165, 1.54) is 10.6 Å². The molecule has 0 saturated heterocycles. The number of phenols is 2. The average Bonchev–Trinajstić information content (AvgIpc) is 3.42. The largest absolute Gasteiger partial charge is 0.508 e. The summed E-state index contributed by atoms with van der Waals surface area (Å²) in [6, 6.07) is 9.51. The first-order chi connectivity index (χ1) is 20.3. The average molecular weight is 590 g/mol. The first-order valence-corrected chi connectivity index (χ1v) is 14.9. The number of nitrogens with zero attached hydrogens (tertiary/aromatic N) is 4. The summed E-state index contributed by atoms with van der Waals surface area (Å²) < 4.78 is 1.51. The minimum atomic E-state index is -1.16. The molecule has 5 N–H and O–H groups in total. The van der Waals surface area contributed by atoms with Gasteiger partial charge in [0.1, 0.15) is 11.5 Å². The van der Waals surface area contributed by atoms with E-state index in [4.69, 9.17) is 0 Å². The van der Waals surface area contributed by atoms with Crippen molar-refractivity contribution in [3.8, 4) is 28.6 Å². The fraction of sp³-hybridized carbons (Fsp3) is 0.500. The van der Waals surface area contributed by atoms with Gasteiger partial charge in [0.05, 0.1) is 16.8 Å². The SMILES string of the molecule is CCNC(=O)c1nnc(-c2cc(C(C)C)c(O)cc2O)n1-c1ccc(C(=O)N(C)CCC2(O)C3CC4CC2(O)C43C)cc1. The van der Waals surface area contributed by atoms with Crippen molar-refractivity contribution in [2.24, 2.45) is 17.3 Å². The maximum absolute atomic E-state index is 13.3. The van der Waals surface area contributed by atoms with Crippen LogP contribution in [0.3, 0.4) is 0 Å². The summed E-state index contributed by atoms with van der Waals surface area (Å²) in [6.07, 6.45) is 1.86. The number of benzene rings is 2. The Morgan fingerprint density at radius 3 is 2.40 bits per heavy atom. The molecule has 5 atom stereocenters. The first kappa shape index (κ1) is 29.1. The summed E-state index contributed by atoms with van der Waals surface area (Å²) in [6.45, 7) is 8.34. The third kappa shape index (κ3) is 3.87.